The molecule has 0 bridgehead atoms. The number of hydrogen-bond donors (Lipinski definition) is 2. The van der Waals surface area contributed by atoms with Crippen molar-refractivity contribution < 1.29 is 19.7 Å². The Morgan fingerprint density at radius 2 is 1.79 bits per heavy atom. The molecule has 2 aromatic rings. The molecular weight excluding hydrogens is 440 g/mol. The lowest BCUT2D eigenvalue weighted by Crippen LogP contribution is -1.92. The summed E-state index contributed by atoms with van der Waals surface area (Å²) in [6.45, 7) is 3.99. The smallest absolute Gasteiger partial charge is 0.328 e. The molecular formula is C18H16Br2O4. The molecule has 0 spiro atoms. The van der Waals surface area contributed by atoms with Crippen LogP contribution in [0.2, 0.25) is 0 Å². The number of phenols is 1. The molecule has 126 valence electrons. The number of aliphatic carboxylic acids is 1. The lowest BCUT2D eigenvalue weighted by molar-refractivity contribution is -0.131. The molecule has 0 aromatic heterocycles. The van der Waals surface area contributed by atoms with Crippen molar-refractivity contribution in [3.63, 3.8) is 0 Å². The predicted molar refractivity (Wildman–Crippen MR) is 101 cm³/mol. The SMILES string of the molecule is CC(C)c1cc(Oc2c(Br)cc(C=CC(=O)O)cc2Br)ccc1O. The second-order valence-corrected chi connectivity index (χ2v) is 7.17. The van der Waals surface area contributed by atoms with Gasteiger partial charge in [0, 0.05) is 11.6 Å². The van der Waals surface area contributed by atoms with Crippen LogP contribution in [-0.2, 0) is 4.79 Å². The first-order valence-electron chi connectivity index (χ1n) is 7.18. The van der Waals surface area contributed by atoms with Crippen LogP contribution in [0.5, 0.6) is 17.2 Å². The van der Waals surface area contributed by atoms with E-state index in [-0.39, 0.29) is 11.7 Å². The van der Waals surface area contributed by atoms with Crippen molar-refractivity contribution >= 4 is 43.9 Å². The summed E-state index contributed by atoms with van der Waals surface area (Å²) < 4.78 is 7.28. The van der Waals surface area contributed by atoms with E-state index in [1.54, 1.807) is 30.3 Å². The molecule has 6 heteroatoms. The molecule has 2 N–H and O–H groups in total. The van der Waals surface area contributed by atoms with Gasteiger partial charge in [-0.3, -0.25) is 0 Å². The molecule has 0 radical (unpaired) electrons. The van der Waals surface area contributed by atoms with Gasteiger partial charge in [-0.1, -0.05) is 13.8 Å². The quantitative estimate of drug-likeness (QED) is 0.548. The molecule has 0 heterocycles. The van der Waals surface area contributed by atoms with Gasteiger partial charge >= 0.3 is 5.97 Å². The van der Waals surface area contributed by atoms with Gasteiger partial charge in [0.05, 0.1) is 8.95 Å². The van der Waals surface area contributed by atoms with Crippen LogP contribution in [0.15, 0.2) is 45.4 Å². The van der Waals surface area contributed by atoms with Crippen molar-refractivity contribution in [2.45, 2.75) is 19.8 Å². The molecule has 0 aliphatic rings. The summed E-state index contributed by atoms with van der Waals surface area (Å²) in [4.78, 5) is 10.6. The maximum absolute atomic E-state index is 10.6. The van der Waals surface area contributed by atoms with E-state index in [0.29, 0.717) is 20.4 Å². The summed E-state index contributed by atoms with van der Waals surface area (Å²) in [6, 6.07) is 8.64. The average molecular weight is 456 g/mol. The Kier molecular flexibility index (Phi) is 6.07. The molecule has 24 heavy (non-hydrogen) atoms. The molecule has 0 aliphatic heterocycles. The number of halogens is 2. The summed E-state index contributed by atoms with van der Waals surface area (Å²) in [7, 11) is 0. The molecule has 0 amide bonds. The zero-order valence-corrected chi connectivity index (χ0v) is 16.3. The minimum absolute atomic E-state index is 0.170. The van der Waals surface area contributed by atoms with Crippen LogP contribution in [0.1, 0.15) is 30.9 Å². The fourth-order valence-corrected chi connectivity index (χ4v) is 3.50. The standard InChI is InChI=1S/C18H16Br2O4/c1-10(2)13-9-12(4-5-16(13)21)24-18-14(19)7-11(8-15(18)20)3-6-17(22)23/h3-10,21H,1-2H3,(H,22,23). The second-order valence-electron chi connectivity index (χ2n) is 5.46. The molecule has 0 aliphatic carbocycles. The van der Waals surface area contributed by atoms with Crippen molar-refractivity contribution in [1.82, 2.24) is 0 Å². The largest absolute Gasteiger partial charge is 0.508 e. The molecule has 0 fully saturated rings. The van der Waals surface area contributed by atoms with E-state index in [4.69, 9.17) is 9.84 Å². The monoisotopic (exact) mass is 454 g/mol. The van der Waals surface area contributed by atoms with E-state index in [1.807, 2.05) is 13.8 Å². The molecule has 0 saturated carbocycles. The Hall–Kier alpha value is -1.79. The van der Waals surface area contributed by atoms with Gasteiger partial charge in [0.25, 0.3) is 0 Å². The Balaban J connectivity index is 2.34. The predicted octanol–water partition coefficient (Wildman–Crippen LogP) is 5.93. The first-order chi connectivity index (χ1) is 11.3. The zero-order valence-electron chi connectivity index (χ0n) is 13.1. The number of carboxylic acid groups (broad SMARTS) is 1. The number of rotatable bonds is 5. The fourth-order valence-electron chi connectivity index (χ4n) is 2.12. The molecule has 0 saturated heterocycles. The Labute approximate surface area is 157 Å². The van der Waals surface area contributed by atoms with E-state index < -0.39 is 5.97 Å². The van der Waals surface area contributed by atoms with Gasteiger partial charge in [-0.2, -0.15) is 0 Å². The third-order valence-corrected chi connectivity index (χ3v) is 4.46. The van der Waals surface area contributed by atoms with Gasteiger partial charge in [-0.05, 0) is 79.7 Å². The minimum Gasteiger partial charge on any atom is -0.508 e. The first kappa shape index (κ1) is 18.5. The van der Waals surface area contributed by atoms with Crippen LogP contribution >= 0.6 is 31.9 Å². The van der Waals surface area contributed by atoms with E-state index in [2.05, 4.69) is 31.9 Å². The van der Waals surface area contributed by atoms with Gasteiger partial charge in [0.1, 0.15) is 11.5 Å². The van der Waals surface area contributed by atoms with Crippen molar-refractivity contribution in [2.75, 3.05) is 0 Å². The normalized spacial score (nSPS) is 11.2. The summed E-state index contributed by atoms with van der Waals surface area (Å²) in [5.41, 5.74) is 1.53. The highest BCUT2D eigenvalue weighted by Gasteiger charge is 2.12. The number of carboxylic acids is 1. The zero-order chi connectivity index (χ0) is 17.9. The third kappa shape index (κ3) is 4.61. The Bertz CT molecular complexity index is 775. The summed E-state index contributed by atoms with van der Waals surface area (Å²) in [6.07, 6.45) is 2.57. The summed E-state index contributed by atoms with van der Waals surface area (Å²) in [5.74, 6) is 0.580. The van der Waals surface area contributed by atoms with Crippen molar-refractivity contribution in [3.05, 3.63) is 56.5 Å². The van der Waals surface area contributed by atoms with Gasteiger partial charge < -0.3 is 14.9 Å². The van der Waals surface area contributed by atoms with Gasteiger partial charge in [-0.15, -0.1) is 0 Å². The number of phenolic OH excluding ortho intramolecular Hbond substituents is 1. The second kappa shape index (κ2) is 7.85. The van der Waals surface area contributed by atoms with Crippen LogP contribution in [-0.4, -0.2) is 16.2 Å². The van der Waals surface area contributed by atoms with Crippen molar-refractivity contribution in [2.24, 2.45) is 0 Å². The molecule has 4 nitrogen and oxygen atoms in total. The summed E-state index contributed by atoms with van der Waals surface area (Å²) >= 11 is 6.88. The van der Waals surface area contributed by atoms with Crippen LogP contribution < -0.4 is 4.74 Å². The highest BCUT2D eigenvalue weighted by Crippen LogP contribution is 2.39. The molecule has 2 aromatic carbocycles. The van der Waals surface area contributed by atoms with Gasteiger partial charge in [0.15, 0.2) is 5.75 Å². The maximum atomic E-state index is 10.6. The lowest BCUT2D eigenvalue weighted by Gasteiger charge is -2.14. The minimum atomic E-state index is -1.01. The fraction of sp³-hybridized carbons (Fsp3) is 0.167. The number of benzene rings is 2. The summed E-state index contributed by atoms with van der Waals surface area (Å²) in [5, 5.41) is 18.6. The molecule has 0 unspecified atom stereocenters. The van der Waals surface area contributed by atoms with Crippen molar-refractivity contribution in [1.29, 1.82) is 0 Å². The first-order valence-corrected chi connectivity index (χ1v) is 8.77. The number of aromatic hydroxyl groups is 1. The number of ether oxygens (including phenoxy) is 1. The number of hydrogen-bond acceptors (Lipinski definition) is 3. The van der Waals surface area contributed by atoms with E-state index in [1.165, 1.54) is 6.08 Å². The van der Waals surface area contributed by atoms with E-state index in [0.717, 1.165) is 17.2 Å². The van der Waals surface area contributed by atoms with Crippen molar-refractivity contribution in [3.8, 4) is 17.2 Å². The van der Waals surface area contributed by atoms with E-state index in [9.17, 15) is 9.90 Å². The van der Waals surface area contributed by atoms with Crippen LogP contribution in [0.25, 0.3) is 6.08 Å². The number of carbonyl (C=O) groups is 1. The maximum Gasteiger partial charge on any atom is 0.328 e. The Morgan fingerprint density at radius 1 is 1.17 bits per heavy atom. The molecule has 0 atom stereocenters. The topological polar surface area (TPSA) is 66.8 Å². The van der Waals surface area contributed by atoms with Gasteiger partial charge in [-0.25, -0.2) is 4.79 Å². The van der Waals surface area contributed by atoms with E-state index >= 15 is 0 Å². The molecule has 2 rings (SSSR count). The van der Waals surface area contributed by atoms with Crippen LogP contribution in [0.4, 0.5) is 0 Å². The van der Waals surface area contributed by atoms with Crippen LogP contribution in [0.3, 0.4) is 0 Å². The lowest BCUT2D eigenvalue weighted by atomic mass is 10.0. The highest BCUT2D eigenvalue weighted by atomic mass is 79.9. The Morgan fingerprint density at radius 3 is 2.33 bits per heavy atom. The van der Waals surface area contributed by atoms with Gasteiger partial charge in [0.2, 0.25) is 0 Å². The average Bonchev–Trinajstić information content (AvgIpc) is 2.50. The third-order valence-electron chi connectivity index (χ3n) is 3.28. The van der Waals surface area contributed by atoms with Crippen LogP contribution in [0, 0.1) is 0 Å². The highest BCUT2D eigenvalue weighted by molar-refractivity contribution is 9.11.